The summed E-state index contributed by atoms with van der Waals surface area (Å²) in [7, 11) is 1.86. The minimum absolute atomic E-state index is 0.0250. The molecule has 0 aliphatic rings. The summed E-state index contributed by atoms with van der Waals surface area (Å²) in [5.74, 6) is 1.74. The molecule has 0 spiro atoms. The molecule has 1 amide bonds. The number of hydrogen-bond acceptors (Lipinski definition) is 3. The van der Waals surface area contributed by atoms with Crippen molar-refractivity contribution in [2.45, 2.75) is 25.9 Å². The number of aryl methyl sites for hydroxylation is 1. The summed E-state index contributed by atoms with van der Waals surface area (Å²) in [5.41, 5.74) is 2.18. The fraction of sp³-hybridized carbons (Fsp3) is 0.261. The van der Waals surface area contributed by atoms with Crippen molar-refractivity contribution < 1.29 is 9.21 Å². The van der Waals surface area contributed by atoms with E-state index >= 15 is 0 Å². The van der Waals surface area contributed by atoms with E-state index in [4.69, 9.17) is 4.42 Å². The van der Waals surface area contributed by atoms with E-state index in [9.17, 15) is 4.79 Å². The van der Waals surface area contributed by atoms with Crippen LogP contribution >= 0.6 is 0 Å². The highest BCUT2D eigenvalue weighted by molar-refractivity contribution is 5.79. The van der Waals surface area contributed by atoms with Gasteiger partial charge in [-0.3, -0.25) is 10.1 Å². The van der Waals surface area contributed by atoms with Crippen molar-refractivity contribution >= 4 is 5.91 Å². The molecule has 3 aromatic rings. The number of furan rings is 1. The highest BCUT2D eigenvalue weighted by Crippen LogP contribution is 2.27. The van der Waals surface area contributed by atoms with Gasteiger partial charge in [-0.2, -0.15) is 0 Å². The molecule has 3 rings (SSSR count). The first kappa shape index (κ1) is 18.9. The molecule has 1 unspecified atom stereocenters. The van der Waals surface area contributed by atoms with Gasteiger partial charge in [0.2, 0.25) is 5.91 Å². The van der Waals surface area contributed by atoms with E-state index < -0.39 is 0 Å². The first-order valence-corrected chi connectivity index (χ1v) is 9.21. The number of carbonyl (C=O) groups excluding carboxylic acids is 1. The van der Waals surface area contributed by atoms with Crippen molar-refractivity contribution in [3.63, 3.8) is 0 Å². The molecule has 1 aromatic heterocycles. The summed E-state index contributed by atoms with van der Waals surface area (Å²) in [5, 5.41) is 3.27. The minimum Gasteiger partial charge on any atom is -0.465 e. The lowest BCUT2D eigenvalue weighted by atomic mass is 9.97. The van der Waals surface area contributed by atoms with Crippen LogP contribution in [0.4, 0.5) is 0 Å². The molecule has 0 saturated carbocycles. The third-order valence-electron chi connectivity index (χ3n) is 4.76. The number of carbonyl (C=O) groups is 1. The zero-order chi connectivity index (χ0) is 19.2. The summed E-state index contributed by atoms with van der Waals surface area (Å²) < 4.78 is 5.64. The van der Waals surface area contributed by atoms with Gasteiger partial charge in [0.25, 0.3) is 0 Å². The Morgan fingerprint density at radius 2 is 1.52 bits per heavy atom. The zero-order valence-electron chi connectivity index (χ0n) is 16.1. The fourth-order valence-corrected chi connectivity index (χ4v) is 3.21. The molecule has 2 aromatic carbocycles. The number of likely N-dealkylation sites (N-methyl/N-ethyl adjacent to an activating group) is 1. The van der Waals surface area contributed by atoms with Gasteiger partial charge in [0, 0.05) is 7.05 Å². The van der Waals surface area contributed by atoms with Crippen LogP contribution in [0.3, 0.4) is 0 Å². The Labute approximate surface area is 160 Å². The van der Waals surface area contributed by atoms with Crippen LogP contribution in [0.25, 0.3) is 0 Å². The number of nitrogens with zero attached hydrogens (tertiary/aromatic N) is 1. The van der Waals surface area contributed by atoms with Gasteiger partial charge in [-0.15, -0.1) is 0 Å². The molecule has 1 N–H and O–H groups in total. The number of amides is 1. The second-order valence-corrected chi connectivity index (χ2v) is 6.78. The second kappa shape index (κ2) is 8.69. The molecule has 4 heteroatoms. The maximum Gasteiger partial charge on any atom is 0.237 e. The van der Waals surface area contributed by atoms with E-state index in [0.29, 0.717) is 0 Å². The predicted molar refractivity (Wildman–Crippen MR) is 107 cm³/mol. The molecule has 0 aliphatic heterocycles. The topological polar surface area (TPSA) is 45.5 Å². The van der Waals surface area contributed by atoms with Gasteiger partial charge in [0.05, 0.1) is 18.6 Å². The monoisotopic (exact) mass is 362 g/mol. The molecule has 27 heavy (non-hydrogen) atoms. The van der Waals surface area contributed by atoms with E-state index in [-0.39, 0.29) is 24.5 Å². The van der Waals surface area contributed by atoms with Crippen molar-refractivity contribution in [3.05, 3.63) is 95.4 Å². The Kier molecular flexibility index (Phi) is 6.09. The van der Waals surface area contributed by atoms with Crippen LogP contribution in [0, 0.1) is 6.92 Å². The van der Waals surface area contributed by atoms with E-state index in [0.717, 1.165) is 22.6 Å². The normalized spacial score (nSPS) is 12.1. The predicted octanol–water partition coefficient (Wildman–Crippen LogP) is 4.49. The molecule has 1 heterocycles. The molecule has 0 aliphatic carbocycles. The molecular weight excluding hydrogens is 336 g/mol. The maximum atomic E-state index is 12.9. The molecular formula is C23H26N2O2. The lowest BCUT2D eigenvalue weighted by Gasteiger charge is -2.29. The number of nitrogens with one attached hydrogen (secondary N) is 1. The Bertz CT molecular complexity index is 819. The molecule has 0 fully saturated rings. The fourth-order valence-electron chi connectivity index (χ4n) is 3.21. The van der Waals surface area contributed by atoms with Crippen LogP contribution in [0.5, 0.6) is 0 Å². The third kappa shape index (κ3) is 4.66. The molecule has 140 valence electrons. The van der Waals surface area contributed by atoms with E-state index in [1.54, 1.807) is 4.90 Å². The van der Waals surface area contributed by atoms with Gasteiger partial charge in [0.1, 0.15) is 11.5 Å². The van der Waals surface area contributed by atoms with Gasteiger partial charge >= 0.3 is 0 Å². The average Bonchev–Trinajstić information content (AvgIpc) is 3.14. The van der Waals surface area contributed by atoms with Gasteiger partial charge < -0.3 is 9.32 Å². The van der Waals surface area contributed by atoms with Crippen molar-refractivity contribution in [1.82, 2.24) is 10.2 Å². The van der Waals surface area contributed by atoms with Crippen molar-refractivity contribution in [1.29, 1.82) is 0 Å². The third-order valence-corrected chi connectivity index (χ3v) is 4.76. The Morgan fingerprint density at radius 3 is 2.00 bits per heavy atom. The van der Waals surface area contributed by atoms with Crippen LogP contribution in [0.2, 0.25) is 0 Å². The van der Waals surface area contributed by atoms with Crippen LogP contribution < -0.4 is 5.32 Å². The van der Waals surface area contributed by atoms with Crippen molar-refractivity contribution in [2.24, 2.45) is 0 Å². The Hall–Kier alpha value is -2.85. The van der Waals surface area contributed by atoms with Crippen LogP contribution in [-0.4, -0.2) is 24.4 Å². The summed E-state index contributed by atoms with van der Waals surface area (Å²) in [4.78, 5) is 14.7. The quantitative estimate of drug-likeness (QED) is 0.674. The van der Waals surface area contributed by atoms with Gasteiger partial charge in [0.15, 0.2) is 0 Å². The van der Waals surface area contributed by atoms with Gasteiger partial charge in [-0.05, 0) is 37.1 Å². The largest absolute Gasteiger partial charge is 0.465 e. The minimum atomic E-state index is -0.122. The molecule has 0 saturated heterocycles. The molecule has 0 radical (unpaired) electrons. The molecule has 4 nitrogen and oxygen atoms in total. The highest BCUT2D eigenvalue weighted by Gasteiger charge is 2.23. The second-order valence-electron chi connectivity index (χ2n) is 6.78. The van der Waals surface area contributed by atoms with E-state index in [1.807, 2.05) is 69.4 Å². The first-order valence-electron chi connectivity index (χ1n) is 9.21. The first-order chi connectivity index (χ1) is 13.1. The summed E-state index contributed by atoms with van der Waals surface area (Å²) >= 11 is 0. The van der Waals surface area contributed by atoms with E-state index in [2.05, 4.69) is 29.6 Å². The van der Waals surface area contributed by atoms with Crippen molar-refractivity contribution in [2.75, 3.05) is 13.6 Å². The lowest BCUT2D eigenvalue weighted by Crippen LogP contribution is -2.39. The van der Waals surface area contributed by atoms with E-state index in [1.165, 1.54) is 0 Å². The van der Waals surface area contributed by atoms with Gasteiger partial charge in [-0.25, -0.2) is 0 Å². The number of rotatable bonds is 7. The van der Waals surface area contributed by atoms with Crippen LogP contribution in [-0.2, 0) is 4.79 Å². The van der Waals surface area contributed by atoms with Crippen LogP contribution in [0.1, 0.15) is 41.7 Å². The average molecular weight is 362 g/mol. The number of benzene rings is 2. The standard InChI is InChI=1S/C23H26N2O2/c1-17-14-15-21(27-17)18(2)24-16-22(26)25(3)23(19-10-6-4-7-11-19)20-12-8-5-9-13-20/h4-15,18,23-24H,16H2,1-3H3. The van der Waals surface area contributed by atoms with Gasteiger partial charge in [-0.1, -0.05) is 60.7 Å². The smallest absolute Gasteiger partial charge is 0.237 e. The summed E-state index contributed by atoms with van der Waals surface area (Å²) in [6, 6.07) is 24.0. The Morgan fingerprint density at radius 1 is 0.963 bits per heavy atom. The molecule has 0 bridgehead atoms. The molecule has 1 atom stereocenters. The van der Waals surface area contributed by atoms with Crippen molar-refractivity contribution in [3.8, 4) is 0 Å². The summed E-state index contributed by atoms with van der Waals surface area (Å²) in [6.07, 6.45) is 0. The lowest BCUT2D eigenvalue weighted by molar-refractivity contribution is -0.130. The maximum absolute atomic E-state index is 12.9. The SMILES string of the molecule is Cc1ccc(C(C)NCC(=O)N(C)C(c2ccccc2)c2ccccc2)o1. The number of hydrogen-bond donors (Lipinski definition) is 1. The highest BCUT2D eigenvalue weighted by atomic mass is 16.3. The Balaban J connectivity index is 1.73. The zero-order valence-corrected chi connectivity index (χ0v) is 16.1. The van der Waals surface area contributed by atoms with Crippen LogP contribution in [0.15, 0.2) is 77.2 Å². The summed E-state index contributed by atoms with van der Waals surface area (Å²) in [6.45, 7) is 4.16.